The van der Waals surface area contributed by atoms with Gasteiger partial charge in [-0.3, -0.25) is 0 Å². The Morgan fingerprint density at radius 1 is 0.324 bits per heavy atom. The van der Waals surface area contributed by atoms with Gasteiger partial charge in [-0.15, -0.1) is 0 Å². The Labute approximate surface area is 406 Å². The molecule has 71 heavy (non-hydrogen) atoms. The van der Waals surface area contributed by atoms with Crippen molar-refractivity contribution in [3.8, 4) is 62.0 Å². The van der Waals surface area contributed by atoms with Gasteiger partial charge in [-0.05, 0) is 77.9 Å². The van der Waals surface area contributed by atoms with E-state index in [2.05, 4.69) is 199 Å². The van der Waals surface area contributed by atoms with Crippen LogP contribution in [-0.2, 0) is 0 Å². The van der Waals surface area contributed by atoms with Gasteiger partial charge >= 0.3 is 0 Å². The summed E-state index contributed by atoms with van der Waals surface area (Å²) in [5.41, 5.74) is 16.1. The number of rotatable bonds is 6. The molecule has 0 aliphatic carbocycles. The first kappa shape index (κ1) is 39.4. The van der Waals surface area contributed by atoms with Gasteiger partial charge in [-0.1, -0.05) is 164 Å². The summed E-state index contributed by atoms with van der Waals surface area (Å²) in [6.07, 6.45) is 0. The second-order valence-electron chi connectivity index (χ2n) is 18.2. The zero-order valence-electron chi connectivity index (χ0n) is 38.0. The van der Waals surface area contributed by atoms with Crippen molar-refractivity contribution >= 4 is 87.4 Å². The zero-order valence-corrected chi connectivity index (χ0v) is 38.0. The Morgan fingerprint density at radius 2 is 0.887 bits per heavy atom. The average Bonchev–Trinajstić information content (AvgIpc) is 4.13. The maximum Gasteiger partial charge on any atom is 0.160 e. The first-order valence-electron chi connectivity index (χ1n) is 23.9. The predicted molar refractivity (Wildman–Crippen MR) is 291 cm³/mol. The monoisotopic (exact) mass is 906 g/mol. The van der Waals surface area contributed by atoms with Crippen molar-refractivity contribution in [1.29, 1.82) is 0 Å². The highest BCUT2D eigenvalue weighted by molar-refractivity contribution is 6.30. The highest BCUT2D eigenvalue weighted by Crippen LogP contribution is 2.44. The van der Waals surface area contributed by atoms with Crippen LogP contribution in [0.2, 0.25) is 0 Å². The molecular weight excluding hydrogens is 869 g/mol. The van der Waals surface area contributed by atoms with Crippen molar-refractivity contribution < 1.29 is 8.83 Å². The summed E-state index contributed by atoms with van der Waals surface area (Å²) in [5, 5.41) is 10.0. The van der Waals surface area contributed by atoms with Crippen molar-refractivity contribution in [1.82, 2.24) is 19.5 Å². The molecule has 5 heterocycles. The van der Waals surface area contributed by atoms with Gasteiger partial charge in [-0.25, -0.2) is 15.0 Å². The van der Waals surface area contributed by atoms with E-state index in [1.54, 1.807) is 0 Å². The first-order chi connectivity index (χ1) is 35.2. The second kappa shape index (κ2) is 15.4. The highest BCUT2D eigenvalue weighted by Gasteiger charge is 2.22. The van der Waals surface area contributed by atoms with Crippen LogP contribution < -0.4 is 0 Å². The fraction of sp³-hybridized carbons (Fsp3) is 0. The summed E-state index contributed by atoms with van der Waals surface area (Å²) < 4.78 is 15.5. The van der Waals surface area contributed by atoms with Crippen LogP contribution in [0.5, 0.6) is 0 Å². The van der Waals surface area contributed by atoms with Crippen molar-refractivity contribution in [2.45, 2.75) is 0 Å². The van der Waals surface area contributed by atoms with E-state index in [4.69, 9.17) is 23.8 Å². The Hall–Kier alpha value is -9.65. The standard InChI is InChI=1S/C65H38N4O2/c1-3-15-40(16-4-1)62-51-34-36-57-61(50-21-7-10-26-56(50)69(57)43-17-5-2-6-18-43)60(51)52-37-42(33-35-53(52)66-62)39-29-31-41(32-30-39)65-67-54(48-24-13-22-46-44-19-8-11-27-58(44)70-63(46)48)38-55(68-65)49-25-14-23-47-45-20-9-12-28-59(45)71-64(47)49/h1-38H. The first-order valence-corrected chi connectivity index (χ1v) is 23.9. The van der Waals surface area contributed by atoms with Crippen LogP contribution in [0.1, 0.15) is 0 Å². The van der Waals surface area contributed by atoms with Crippen LogP contribution in [0.25, 0.3) is 149 Å². The van der Waals surface area contributed by atoms with Crippen LogP contribution in [0.15, 0.2) is 239 Å². The van der Waals surface area contributed by atoms with E-state index in [0.29, 0.717) is 5.82 Å². The van der Waals surface area contributed by atoms with E-state index >= 15 is 0 Å². The Bertz CT molecular complexity index is 4490. The van der Waals surface area contributed by atoms with Gasteiger partial charge in [0.15, 0.2) is 5.82 Å². The third kappa shape index (κ3) is 6.11. The maximum absolute atomic E-state index is 6.57. The summed E-state index contributed by atoms with van der Waals surface area (Å²) in [5.74, 6) is 0.602. The van der Waals surface area contributed by atoms with E-state index in [1.165, 1.54) is 16.2 Å². The Balaban J connectivity index is 0.915. The Kier molecular flexibility index (Phi) is 8.56. The van der Waals surface area contributed by atoms with Crippen LogP contribution >= 0.6 is 0 Å². The number of para-hydroxylation sites is 6. The molecule has 0 saturated carbocycles. The number of hydrogen-bond acceptors (Lipinski definition) is 5. The molecule has 6 nitrogen and oxygen atoms in total. The summed E-state index contributed by atoms with van der Waals surface area (Å²) in [4.78, 5) is 16.0. The van der Waals surface area contributed by atoms with Gasteiger partial charge in [0, 0.05) is 76.4 Å². The van der Waals surface area contributed by atoms with Gasteiger partial charge < -0.3 is 13.4 Å². The number of aromatic nitrogens is 4. The zero-order chi connectivity index (χ0) is 46.6. The van der Waals surface area contributed by atoms with E-state index < -0.39 is 0 Å². The summed E-state index contributed by atoms with van der Waals surface area (Å²) >= 11 is 0. The van der Waals surface area contributed by atoms with Crippen LogP contribution in [0.4, 0.5) is 0 Å². The number of furan rings is 2. The third-order valence-corrected chi connectivity index (χ3v) is 14.2. The van der Waals surface area contributed by atoms with E-state index in [9.17, 15) is 0 Å². The van der Waals surface area contributed by atoms with Gasteiger partial charge in [-0.2, -0.15) is 0 Å². The fourth-order valence-electron chi connectivity index (χ4n) is 11.0. The molecule has 15 aromatic rings. The van der Waals surface area contributed by atoms with Crippen LogP contribution in [-0.4, -0.2) is 19.5 Å². The van der Waals surface area contributed by atoms with Gasteiger partial charge in [0.2, 0.25) is 0 Å². The van der Waals surface area contributed by atoms with Gasteiger partial charge in [0.05, 0.1) is 33.6 Å². The van der Waals surface area contributed by atoms with E-state index in [-0.39, 0.29) is 0 Å². The minimum absolute atomic E-state index is 0.602. The summed E-state index contributed by atoms with van der Waals surface area (Å²) in [7, 11) is 0. The third-order valence-electron chi connectivity index (χ3n) is 14.2. The lowest BCUT2D eigenvalue weighted by Gasteiger charge is -2.14. The fourth-order valence-corrected chi connectivity index (χ4v) is 11.0. The molecule has 0 amide bonds. The molecule has 0 N–H and O–H groups in total. The minimum atomic E-state index is 0.602. The lowest BCUT2D eigenvalue weighted by Crippen LogP contribution is -1.96. The number of pyridine rings is 1. The SMILES string of the molecule is c1ccc(-c2nc3ccc(-c4ccc(-c5nc(-c6cccc7c6oc6ccccc67)cc(-c6cccc7c6oc6ccccc67)n5)cc4)cc3c3c2ccc2c3c3ccccc3n2-c2ccccc2)cc1. The largest absolute Gasteiger partial charge is 0.455 e. The molecule has 5 aromatic heterocycles. The molecule has 0 bridgehead atoms. The number of hydrogen-bond donors (Lipinski definition) is 0. The van der Waals surface area contributed by atoms with Crippen molar-refractivity contribution in [2.24, 2.45) is 0 Å². The molecule has 6 heteroatoms. The van der Waals surface area contributed by atoms with E-state index in [1.807, 2.05) is 36.4 Å². The van der Waals surface area contributed by atoms with Gasteiger partial charge in [0.1, 0.15) is 22.3 Å². The smallest absolute Gasteiger partial charge is 0.160 e. The maximum atomic E-state index is 6.57. The van der Waals surface area contributed by atoms with Crippen molar-refractivity contribution in [3.05, 3.63) is 231 Å². The van der Waals surface area contributed by atoms with E-state index in [0.717, 1.165) is 127 Å². The number of nitrogens with zero attached hydrogens (tertiary/aromatic N) is 4. The lowest BCUT2D eigenvalue weighted by atomic mass is 9.94. The second-order valence-corrected chi connectivity index (χ2v) is 18.2. The topological polar surface area (TPSA) is 69.9 Å². The molecule has 0 atom stereocenters. The highest BCUT2D eigenvalue weighted by atomic mass is 16.3. The van der Waals surface area contributed by atoms with Crippen LogP contribution in [0.3, 0.4) is 0 Å². The molecule has 0 aliphatic heterocycles. The quantitative estimate of drug-likeness (QED) is 0.155. The molecule has 0 spiro atoms. The average molecular weight is 907 g/mol. The number of benzene rings is 10. The predicted octanol–water partition coefficient (Wildman–Crippen LogP) is 17.4. The minimum Gasteiger partial charge on any atom is -0.455 e. The molecule has 0 saturated heterocycles. The summed E-state index contributed by atoms with van der Waals surface area (Å²) in [6.45, 7) is 0. The molecule has 0 radical (unpaired) electrons. The summed E-state index contributed by atoms with van der Waals surface area (Å²) in [6, 6.07) is 80.7. The molecular formula is C65H38N4O2. The number of fused-ring (bicyclic) bond motifs is 13. The van der Waals surface area contributed by atoms with Gasteiger partial charge in [0.25, 0.3) is 0 Å². The molecule has 0 unspecified atom stereocenters. The molecule has 0 aliphatic rings. The van der Waals surface area contributed by atoms with Crippen molar-refractivity contribution in [2.75, 3.05) is 0 Å². The lowest BCUT2D eigenvalue weighted by molar-refractivity contribution is 0.669. The molecule has 330 valence electrons. The Morgan fingerprint density at radius 3 is 1.56 bits per heavy atom. The molecule has 15 rings (SSSR count). The normalized spacial score (nSPS) is 11.9. The van der Waals surface area contributed by atoms with Crippen molar-refractivity contribution in [3.63, 3.8) is 0 Å². The van der Waals surface area contributed by atoms with Crippen LogP contribution in [0, 0.1) is 0 Å². The molecule has 10 aromatic carbocycles. The molecule has 0 fully saturated rings.